The third kappa shape index (κ3) is 2.36. The van der Waals surface area contributed by atoms with E-state index in [-0.39, 0.29) is 21.3 Å². The minimum atomic E-state index is -3.84. The molecule has 3 N–H and O–H groups in total. The number of amides is 1. The van der Waals surface area contributed by atoms with E-state index in [4.69, 9.17) is 5.14 Å². The van der Waals surface area contributed by atoms with E-state index < -0.39 is 10.0 Å². The van der Waals surface area contributed by atoms with Gasteiger partial charge in [0.1, 0.15) is 0 Å². The Morgan fingerprint density at radius 3 is 2.56 bits per heavy atom. The lowest BCUT2D eigenvalue weighted by Crippen LogP contribution is -2.27. The summed E-state index contributed by atoms with van der Waals surface area (Å²) in [6.07, 6.45) is 2.79. The van der Waals surface area contributed by atoms with Gasteiger partial charge < -0.3 is 5.32 Å². The van der Waals surface area contributed by atoms with Crippen LogP contribution in [0.3, 0.4) is 0 Å². The molecule has 1 saturated carbocycles. The van der Waals surface area contributed by atoms with Crippen molar-refractivity contribution in [3.05, 3.63) is 0 Å². The van der Waals surface area contributed by atoms with Gasteiger partial charge in [0.2, 0.25) is 15.4 Å². The van der Waals surface area contributed by atoms with Crippen LogP contribution in [-0.4, -0.2) is 24.5 Å². The second kappa shape index (κ2) is 4.07. The minimum Gasteiger partial charge on any atom is -0.300 e. The van der Waals surface area contributed by atoms with Gasteiger partial charge >= 0.3 is 0 Å². The average molecular weight is 262 g/mol. The summed E-state index contributed by atoms with van der Waals surface area (Å²) in [6, 6.07) is 0. The van der Waals surface area contributed by atoms with Crippen LogP contribution in [-0.2, 0) is 14.8 Å². The number of carbonyl (C=O) groups is 1. The highest BCUT2D eigenvalue weighted by Crippen LogP contribution is 2.28. The standard InChI is InChI=1S/C7H10N4O3S2/c8-16(13,14)7-11-10-6(15-7)9-5(12)4-2-1-3-4/h4H,1-3H2,(H2,8,13,14)(H,9,10,12). The van der Waals surface area contributed by atoms with Crippen molar-refractivity contribution in [2.24, 2.45) is 11.1 Å². The van der Waals surface area contributed by atoms with E-state index >= 15 is 0 Å². The molecule has 0 atom stereocenters. The first-order valence-electron chi connectivity index (χ1n) is 4.64. The maximum Gasteiger partial charge on any atom is 0.267 e. The molecule has 0 spiro atoms. The number of primary sulfonamides is 1. The number of hydrogen-bond acceptors (Lipinski definition) is 6. The maximum absolute atomic E-state index is 11.5. The summed E-state index contributed by atoms with van der Waals surface area (Å²) in [5.41, 5.74) is 0. The van der Waals surface area contributed by atoms with Crippen LogP contribution in [0.4, 0.5) is 5.13 Å². The van der Waals surface area contributed by atoms with Crippen LogP contribution in [0.2, 0.25) is 0 Å². The van der Waals surface area contributed by atoms with Crippen molar-refractivity contribution in [2.45, 2.75) is 23.6 Å². The molecule has 7 nitrogen and oxygen atoms in total. The Hall–Kier alpha value is -1.06. The number of nitrogens with two attached hydrogens (primary N) is 1. The molecule has 9 heteroatoms. The third-order valence-corrected chi connectivity index (χ3v) is 4.50. The SMILES string of the molecule is NS(=O)(=O)c1nnc(NC(=O)C2CCC2)s1. The van der Waals surface area contributed by atoms with Gasteiger partial charge in [0.05, 0.1) is 0 Å². The lowest BCUT2D eigenvalue weighted by molar-refractivity contribution is -0.122. The van der Waals surface area contributed by atoms with Crippen LogP contribution in [0.25, 0.3) is 0 Å². The van der Waals surface area contributed by atoms with E-state index in [0.717, 1.165) is 30.6 Å². The van der Waals surface area contributed by atoms with Crippen molar-refractivity contribution in [1.82, 2.24) is 10.2 Å². The predicted octanol–water partition coefficient (Wildman–Crippen LogP) is -0.0759. The summed E-state index contributed by atoms with van der Waals surface area (Å²) >= 11 is 0.753. The van der Waals surface area contributed by atoms with E-state index in [1.165, 1.54) is 0 Å². The molecule has 2 rings (SSSR count). The molecular formula is C7H10N4O3S2. The van der Waals surface area contributed by atoms with Gasteiger partial charge in [-0.2, -0.15) is 0 Å². The summed E-state index contributed by atoms with van der Waals surface area (Å²) in [4.78, 5) is 11.5. The summed E-state index contributed by atoms with van der Waals surface area (Å²) in [7, 11) is -3.84. The van der Waals surface area contributed by atoms with E-state index in [9.17, 15) is 13.2 Å². The monoisotopic (exact) mass is 262 g/mol. The third-order valence-electron chi connectivity index (χ3n) is 2.36. The zero-order valence-corrected chi connectivity index (χ0v) is 9.84. The van der Waals surface area contributed by atoms with Gasteiger partial charge in [0.15, 0.2) is 0 Å². The van der Waals surface area contributed by atoms with E-state index in [2.05, 4.69) is 15.5 Å². The quantitative estimate of drug-likeness (QED) is 0.739. The largest absolute Gasteiger partial charge is 0.300 e. The first-order valence-corrected chi connectivity index (χ1v) is 7.00. The van der Waals surface area contributed by atoms with Gasteiger partial charge in [-0.3, -0.25) is 4.79 Å². The fourth-order valence-corrected chi connectivity index (χ4v) is 2.59. The number of nitrogens with zero attached hydrogens (tertiary/aromatic N) is 2. The summed E-state index contributed by atoms with van der Waals surface area (Å²) in [5.74, 6) is -0.120. The normalized spacial score (nSPS) is 16.8. The van der Waals surface area contributed by atoms with E-state index in [0.29, 0.717) is 0 Å². The summed E-state index contributed by atoms with van der Waals surface area (Å²) < 4.78 is 21.5. The van der Waals surface area contributed by atoms with Gasteiger partial charge in [-0.1, -0.05) is 17.8 Å². The Kier molecular flexibility index (Phi) is 2.91. The molecule has 1 fully saturated rings. The topological polar surface area (TPSA) is 115 Å². The van der Waals surface area contributed by atoms with Crippen molar-refractivity contribution < 1.29 is 13.2 Å². The van der Waals surface area contributed by atoms with E-state index in [1.54, 1.807) is 0 Å². The lowest BCUT2D eigenvalue weighted by Gasteiger charge is -2.23. The molecular weight excluding hydrogens is 252 g/mol. The van der Waals surface area contributed by atoms with Crippen molar-refractivity contribution in [3.8, 4) is 0 Å². The van der Waals surface area contributed by atoms with Gasteiger partial charge in [0.25, 0.3) is 10.0 Å². The summed E-state index contributed by atoms with van der Waals surface area (Å²) in [5, 5.41) is 14.5. The first-order chi connectivity index (χ1) is 7.47. The van der Waals surface area contributed by atoms with Crippen LogP contribution in [0.5, 0.6) is 0 Å². The van der Waals surface area contributed by atoms with Gasteiger partial charge in [0, 0.05) is 5.92 Å². The van der Waals surface area contributed by atoms with Crippen LogP contribution < -0.4 is 10.5 Å². The number of aromatic nitrogens is 2. The average Bonchev–Trinajstić information content (AvgIpc) is 2.47. The number of carbonyl (C=O) groups excluding carboxylic acids is 1. The molecule has 88 valence electrons. The molecule has 0 aromatic carbocycles. The second-order valence-corrected chi connectivity index (χ2v) is 6.25. The van der Waals surface area contributed by atoms with Crippen molar-refractivity contribution >= 4 is 32.4 Å². The number of rotatable bonds is 3. The Labute approximate surface area is 96.1 Å². The second-order valence-electron chi connectivity index (χ2n) is 3.54. The first kappa shape index (κ1) is 11.4. The van der Waals surface area contributed by atoms with Gasteiger partial charge in [-0.05, 0) is 12.8 Å². The Bertz CT molecular complexity index is 505. The Morgan fingerprint density at radius 2 is 2.12 bits per heavy atom. The van der Waals surface area contributed by atoms with Crippen LogP contribution >= 0.6 is 11.3 Å². The predicted molar refractivity (Wildman–Crippen MR) is 57.3 cm³/mol. The van der Waals surface area contributed by atoms with Crippen LogP contribution in [0.15, 0.2) is 4.34 Å². The van der Waals surface area contributed by atoms with Gasteiger partial charge in [-0.25, -0.2) is 13.6 Å². The summed E-state index contributed by atoms with van der Waals surface area (Å²) in [6.45, 7) is 0. The molecule has 0 radical (unpaired) electrons. The number of nitrogens with one attached hydrogen (secondary N) is 1. The smallest absolute Gasteiger partial charge is 0.267 e. The molecule has 16 heavy (non-hydrogen) atoms. The molecule has 1 heterocycles. The highest BCUT2D eigenvalue weighted by Gasteiger charge is 2.26. The minimum absolute atomic E-state index is 0.0156. The van der Waals surface area contributed by atoms with Crippen LogP contribution in [0, 0.1) is 5.92 Å². The van der Waals surface area contributed by atoms with E-state index in [1.807, 2.05) is 0 Å². The zero-order chi connectivity index (χ0) is 11.8. The Morgan fingerprint density at radius 1 is 1.44 bits per heavy atom. The fraction of sp³-hybridized carbons (Fsp3) is 0.571. The maximum atomic E-state index is 11.5. The lowest BCUT2D eigenvalue weighted by atomic mass is 9.85. The Balaban J connectivity index is 2.05. The number of anilines is 1. The van der Waals surface area contributed by atoms with Crippen molar-refractivity contribution in [3.63, 3.8) is 0 Å². The molecule has 1 amide bonds. The molecule has 1 aromatic heterocycles. The number of sulfonamides is 1. The zero-order valence-electron chi connectivity index (χ0n) is 8.21. The molecule has 0 unspecified atom stereocenters. The van der Waals surface area contributed by atoms with Crippen molar-refractivity contribution in [2.75, 3.05) is 5.32 Å². The highest BCUT2D eigenvalue weighted by molar-refractivity contribution is 7.91. The molecule has 1 aliphatic carbocycles. The van der Waals surface area contributed by atoms with Crippen molar-refractivity contribution in [1.29, 1.82) is 0 Å². The molecule has 1 aliphatic rings. The fourth-order valence-electron chi connectivity index (χ4n) is 1.25. The van der Waals surface area contributed by atoms with Gasteiger partial charge in [-0.15, -0.1) is 10.2 Å². The highest BCUT2D eigenvalue weighted by atomic mass is 32.2. The molecule has 0 aliphatic heterocycles. The number of hydrogen-bond donors (Lipinski definition) is 2. The van der Waals surface area contributed by atoms with Crippen LogP contribution in [0.1, 0.15) is 19.3 Å². The molecule has 0 bridgehead atoms. The molecule has 0 saturated heterocycles. The molecule has 1 aromatic rings.